The van der Waals surface area contributed by atoms with Gasteiger partial charge < -0.3 is 25.2 Å². The van der Waals surface area contributed by atoms with Crippen molar-refractivity contribution in [2.24, 2.45) is 5.92 Å². The molecule has 0 bridgehead atoms. The second kappa shape index (κ2) is 7.85. The van der Waals surface area contributed by atoms with Crippen molar-refractivity contribution in [1.29, 1.82) is 0 Å². The van der Waals surface area contributed by atoms with Crippen LogP contribution in [0, 0.1) is 5.92 Å². The summed E-state index contributed by atoms with van der Waals surface area (Å²) < 4.78 is 5.51. The zero-order valence-corrected chi connectivity index (χ0v) is 15.2. The average Bonchev–Trinajstić information content (AvgIpc) is 3.14. The quantitative estimate of drug-likeness (QED) is 0.714. The lowest BCUT2D eigenvalue weighted by Crippen LogP contribution is -2.42. The Hall–Kier alpha value is -1.44. The van der Waals surface area contributed by atoms with Crippen molar-refractivity contribution < 1.29 is 14.9 Å². The minimum absolute atomic E-state index is 0.0481. The predicted octanol–water partition coefficient (Wildman–Crippen LogP) is 1.37. The fourth-order valence-electron chi connectivity index (χ4n) is 3.65. The van der Waals surface area contributed by atoms with Gasteiger partial charge in [0.15, 0.2) is 0 Å². The Kier molecular flexibility index (Phi) is 5.76. The molecule has 1 atom stereocenters. The first-order chi connectivity index (χ1) is 12.0. The van der Waals surface area contributed by atoms with E-state index >= 15 is 0 Å². The molecule has 25 heavy (non-hydrogen) atoms. The molecule has 0 amide bonds. The summed E-state index contributed by atoms with van der Waals surface area (Å²) in [6.45, 7) is 7.52. The molecule has 0 aliphatic carbocycles. The number of nitrogens with one attached hydrogen (secondary N) is 1. The van der Waals surface area contributed by atoms with Gasteiger partial charge in [0.25, 0.3) is 0 Å². The zero-order valence-electron chi connectivity index (χ0n) is 15.2. The van der Waals surface area contributed by atoms with Crippen LogP contribution in [0.5, 0.6) is 0 Å². The maximum absolute atomic E-state index is 10.2. The van der Waals surface area contributed by atoms with Gasteiger partial charge in [0, 0.05) is 38.2 Å². The third-order valence-corrected chi connectivity index (χ3v) is 5.29. The van der Waals surface area contributed by atoms with Crippen molar-refractivity contribution in [2.75, 3.05) is 49.7 Å². The Morgan fingerprint density at radius 3 is 2.64 bits per heavy atom. The molecule has 140 valence electrons. The third kappa shape index (κ3) is 4.59. The monoisotopic (exact) mass is 350 g/mol. The molecule has 2 saturated heterocycles. The molecule has 0 saturated carbocycles. The van der Waals surface area contributed by atoms with Crippen LogP contribution in [-0.2, 0) is 4.74 Å². The maximum Gasteiger partial charge on any atom is 0.224 e. The van der Waals surface area contributed by atoms with Gasteiger partial charge in [0.1, 0.15) is 5.82 Å². The smallest absolute Gasteiger partial charge is 0.224 e. The number of piperidine rings is 1. The Balaban J connectivity index is 1.76. The second-order valence-electron chi connectivity index (χ2n) is 7.60. The molecular weight excluding hydrogens is 320 g/mol. The summed E-state index contributed by atoms with van der Waals surface area (Å²) in [7, 11) is 0. The van der Waals surface area contributed by atoms with Crippen LogP contribution < -0.4 is 10.2 Å². The second-order valence-corrected chi connectivity index (χ2v) is 7.60. The van der Waals surface area contributed by atoms with Crippen molar-refractivity contribution in [3.05, 3.63) is 11.8 Å². The van der Waals surface area contributed by atoms with Crippen LogP contribution in [0.1, 0.15) is 44.7 Å². The van der Waals surface area contributed by atoms with E-state index < -0.39 is 5.60 Å². The number of aliphatic hydroxyl groups excluding tert-OH is 1. The molecule has 1 aromatic heterocycles. The van der Waals surface area contributed by atoms with Crippen LogP contribution in [0.4, 0.5) is 11.8 Å². The van der Waals surface area contributed by atoms with Gasteiger partial charge in [-0.25, -0.2) is 4.98 Å². The molecule has 7 nitrogen and oxygen atoms in total. The van der Waals surface area contributed by atoms with Crippen molar-refractivity contribution in [1.82, 2.24) is 9.97 Å². The molecule has 1 aromatic rings. The van der Waals surface area contributed by atoms with Crippen molar-refractivity contribution in [3.63, 3.8) is 0 Å². The Labute approximate surface area is 149 Å². The van der Waals surface area contributed by atoms with Crippen molar-refractivity contribution >= 4 is 11.8 Å². The summed E-state index contributed by atoms with van der Waals surface area (Å²) in [6, 6.07) is 2.08. The highest BCUT2D eigenvalue weighted by Crippen LogP contribution is 2.32. The molecule has 3 heterocycles. The minimum Gasteiger partial charge on any atom is -0.395 e. The highest BCUT2D eigenvalue weighted by Gasteiger charge is 2.31. The van der Waals surface area contributed by atoms with Gasteiger partial charge in [-0.2, -0.15) is 4.98 Å². The average molecular weight is 350 g/mol. The molecule has 2 fully saturated rings. The number of nitrogens with zero attached hydrogens (tertiary/aromatic N) is 3. The Morgan fingerprint density at radius 1 is 1.28 bits per heavy atom. The van der Waals surface area contributed by atoms with E-state index in [-0.39, 0.29) is 6.61 Å². The van der Waals surface area contributed by atoms with Gasteiger partial charge in [-0.3, -0.25) is 0 Å². The number of rotatable bonds is 6. The first kappa shape index (κ1) is 18.4. The number of hydrogen-bond donors (Lipinski definition) is 3. The van der Waals surface area contributed by atoms with Gasteiger partial charge in [0.2, 0.25) is 5.95 Å². The first-order valence-electron chi connectivity index (χ1n) is 9.26. The van der Waals surface area contributed by atoms with E-state index in [9.17, 15) is 5.11 Å². The summed E-state index contributed by atoms with van der Waals surface area (Å²) in [5.74, 6) is 2.12. The first-order valence-corrected chi connectivity index (χ1v) is 9.26. The lowest BCUT2D eigenvalue weighted by atomic mass is 9.83. The highest BCUT2D eigenvalue weighted by atomic mass is 16.5. The summed E-state index contributed by atoms with van der Waals surface area (Å²) in [5, 5.41) is 22.4. The molecule has 2 aliphatic heterocycles. The van der Waals surface area contributed by atoms with Crippen LogP contribution in [0.3, 0.4) is 0 Å². The summed E-state index contributed by atoms with van der Waals surface area (Å²) >= 11 is 0. The molecule has 2 aliphatic rings. The van der Waals surface area contributed by atoms with Crippen LogP contribution in [0.2, 0.25) is 0 Å². The molecule has 3 N–H and O–H groups in total. The molecule has 7 heteroatoms. The fraction of sp³-hybridized carbons (Fsp3) is 0.778. The SMILES string of the molecule is CC(C)(O)C1CCN(c2cc([C@H]3CCOC3)nc(NCCO)n2)CC1. The van der Waals surface area contributed by atoms with Gasteiger partial charge >= 0.3 is 0 Å². The zero-order chi connectivity index (χ0) is 17.9. The molecule has 0 spiro atoms. The normalized spacial score (nSPS) is 22.4. The standard InChI is InChI=1S/C18H30N4O3/c1-18(2,24)14-3-7-22(8-4-14)16-11-15(13-5-10-25-12-13)20-17(21-16)19-6-9-23/h11,13-14,23-24H,3-10,12H2,1-2H3,(H,19,20,21)/t13-/m0/s1. The van der Waals surface area contributed by atoms with Crippen LogP contribution in [-0.4, -0.2) is 65.2 Å². The number of aliphatic hydroxyl groups is 2. The summed E-state index contributed by atoms with van der Waals surface area (Å²) in [4.78, 5) is 11.5. The minimum atomic E-state index is -0.627. The van der Waals surface area contributed by atoms with Crippen molar-refractivity contribution in [2.45, 2.75) is 44.6 Å². The number of aromatic nitrogens is 2. The van der Waals surface area contributed by atoms with Gasteiger partial charge in [-0.15, -0.1) is 0 Å². The van der Waals surface area contributed by atoms with E-state index in [1.807, 2.05) is 13.8 Å². The highest BCUT2D eigenvalue weighted by molar-refractivity contribution is 5.46. The van der Waals surface area contributed by atoms with E-state index in [1.54, 1.807) is 0 Å². The van der Waals surface area contributed by atoms with Gasteiger partial charge in [-0.05, 0) is 39.0 Å². The van der Waals surface area contributed by atoms with Gasteiger partial charge in [0.05, 0.1) is 24.5 Å². The molecule has 0 unspecified atom stereocenters. The van der Waals surface area contributed by atoms with Crippen LogP contribution >= 0.6 is 0 Å². The third-order valence-electron chi connectivity index (χ3n) is 5.29. The maximum atomic E-state index is 10.2. The van der Waals surface area contributed by atoms with Crippen LogP contribution in [0.15, 0.2) is 6.07 Å². The topological polar surface area (TPSA) is 90.7 Å². The Morgan fingerprint density at radius 2 is 2.04 bits per heavy atom. The lowest BCUT2D eigenvalue weighted by Gasteiger charge is -2.38. The van der Waals surface area contributed by atoms with Crippen molar-refractivity contribution in [3.8, 4) is 0 Å². The van der Waals surface area contributed by atoms with E-state index in [1.165, 1.54) is 0 Å². The van der Waals surface area contributed by atoms with E-state index in [0.717, 1.165) is 50.5 Å². The molecule has 0 radical (unpaired) electrons. The predicted molar refractivity (Wildman–Crippen MR) is 97.0 cm³/mol. The number of ether oxygens (including phenoxy) is 1. The molecule has 0 aromatic carbocycles. The lowest BCUT2D eigenvalue weighted by molar-refractivity contribution is 0.00645. The van der Waals surface area contributed by atoms with E-state index in [0.29, 0.717) is 30.9 Å². The number of anilines is 2. The summed E-state index contributed by atoms with van der Waals surface area (Å²) in [6.07, 6.45) is 2.89. The molecular formula is C18H30N4O3. The summed E-state index contributed by atoms with van der Waals surface area (Å²) in [5.41, 5.74) is 0.380. The number of hydrogen-bond acceptors (Lipinski definition) is 7. The molecule has 3 rings (SSSR count). The van der Waals surface area contributed by atoms with Gasteiger partial charge in [-0.1, -0.05) is 0 Å². The van der Waals surface area contributed by atoms with E-state index in [2.05, 4.69) is 26.3 Å². The Bertz CT molecular complexity index is 562. The largest absolute Gasteiger partial charge is 0.395 e. The fourth-order valence-corrected chi connectivity index (χ4v) is 3.65. The van der Waals surface area contributed by atoms with Crippen LogP contribution in [0.25, 0.3) is 0 Å². The van der Waals surface area contributed by atoms with E-state index in [4.69, 9.17) is 9.84 Å².